The molecule has 0 aliphatic rings. The molecule has 68 valence electrons. The molecule has 0 unspecified atom stereocenters. The third kappa shape index (κ3) is 1.98. The van der Waals surface area contributed by atoms with Gasteiger partial charge in [0.15, 0.2) is 0 Å². The lowest BCUT2D eigenvalue weighted by Gasteiger charge is -1.97. The zero-order valence-corrected chi connectivity index (χ0v) is 6.85. The minimum absolute atomic E-state index is 0.226. The lowest BCUT2D eigenvalue weighted by molar-refractivity contribution is -0.389. The summed E-state index contributed by atoms with van der Waals surface area (Å²) in [5, 5.41) is 12.6. The van der Waals surface area contributed by atoms with Crippen LogP contribution in [0.3, 0.4) is 0 Å². The Morgan fingerprint density at radius 2 is 2.38 bits per heavy atom. The highest BCUT2D eigenvalue weighted by atomic mass is 16.6. The van der Waals surface area contributed by atoms with Crippen LogP contribution in [0.2, 0.25) is 0 Å². The van der Waals surface area contributed by atoms with Crippen molar-refractivity contribution in [1.82, 2.24) is 10.3 Å². The van der Waals surface area contributed by atoms with Crippen LogP contribution in [0.25, 0.3) is 0 Å². The lowest BCUT2D eigenvalue weighted by atomic mass is 10.2. The molecule has 6 heteroatoms. The minimum atomic E-state index is -0.646. The van der Waals surface area contributed by atoms with Crippen molar-refractivity contribution in [3.8, 4) is 0 Å². The predicted molar refractivity (Wildman–Crippen MR) is 44.3 cm³/mol. The van der Waals surface area contributed by atoms with Crippen molar-refractivity contribution in [2.75, 3.05) is 7.05 Å². The van der Waals surface area contributed by atoms with Crippen molar-refractivity contribution < 1.29 is 9.72 Å². The number of pyridine rings is 1. The van der Waals surface area contributed by atoms with Crippen molar-refractivity contribution in [3.05, 3.63) is 34.0 Å². The maximum atomic E-state index is 11.0. The molecule has 0 aromatic carbocycles. The first-order chi connectivity index (χ1) is 6.15. The fourth-order valence-electron chi connectivity index (χ4n) is 0.804. The molecule has 6 nitrogen and oxygen atoms in total. The largest absolute Gasteiger partial charge is 0.364 e. The molecule has 13 heavy (non-hydrogen) atoms. The molecule has 1 rings (SSSR count). The number of nitro groups is 1. The van der Waals surface area contributed by atoms with Gasteiger partial charge < -0.3 is 15.4 Å². The van der Waals surface area contributed by atoms with Gasteiger partial charge in [0.05, 0.1) is 5.56 Å². The Kier molecular flexibility index (Phi) is 2.53. The Balaban J connectivity index is 3.05. The summed E-state index contributed by atoms with van der Waals surface area (Å²) in [7, 11) is 1.45. The second-order valence-corrected chi connectivity index (χ2v) is 2.24. The third-order valence-corrected chi connectivity index (χ3v) is 1.42. The van der Waals surface area contributed by atoms with Crippen molar-refractivity contribution in [2.24, 2.45) is 0 Å². The Bertz CT molecular complexity index is 351. The molecular weight excluding hydrogens is 174 g/mol. The van der Waals surface area contributed by atoms with Crippen LogP contribution in [-0.4, -0.2) is 22.9 Å². The van der Waals surface area contributed by atoms with Crippen LogP contribution in [-0.2, 0) is 0 Å². The normalized spacial score (nSPS) is 9.31. The Labute approximate surface area is 73.7 Å². The maximum Gasteiger partial charge on any atom is 0.364 e. The van der Waals surface area contributed by atoms with Gasteiger partial charge >= 0.3 is 5.82 Å². The molecule has 0 aliphatic carbocycles. The number of nitrogens with one attached hydrogen (secondary N) is 1. The molecule has 0 spiro atoms. The van der Waals surface area contributed by atoms with E-state index in [9.17, 15) is 14.9 Å². The molecule has 0 bridgehead atoms. The van der Waals surface area contributed by atoms with Gasteiger partial charge in [0.25, 0.3) is 5.91 Å². The van der Waals surface area contributed by atoms with Crippen LogP contribution in [0.5, 0.6) is 0 Å². The summed E-state index contributed by atoms with van der Waals surface area (Å²) in [6.45, 7) is 0. The van der Waals surface area contributed by atoms with Crippen molar-refractivity contribution in [3.63, 3.8) is 0 Å². The maximum absolute atomic E-state index is 11.0. The fourth-order valence-corrected chi connectivity index (χ4v) is 0.804. The molecule has 0 saturated carbocycles. The number of carbonyl (C=O) groups excluding carboxylic acids is 1. The smallest absolute Gasteiger partial charge is 0.358 e. The highest BCUT2D eigenvalue weighted by molar-refractivity contribution is 5.94. The van der Waals surface area contributed by atoms with Crippen molar-refractivity contribution in [2.45, 2.75) is 0 Å². The quantitative estimate of drug-likeness (QED) is 0.526. The summed E-state index contributed by atoms with van der Waals surface area (Å²) in [5.41, 5.74) is 0.226. The lowest BCUT2D eigenvalue weighted by Crippen LogP contribution is -2.17. The van der Waals surface area contributed by atoms with E-state index in [1.807, 2.05) is 0 Å². The van der Waals surface area contributed by atoms with Gasteiger partial charge in [-0.3, -0.25) is 4.79 Å². The number of carbonyl (C=O) groups is 1. The third-order valence-electron chi connectivity index (χ3n) is 1.42. The van der Waals surface area contributed by atoms with E-state index in [2.05, 4.69) is 10.3 Å². The SMILES string of the molecule is CNC(=O)c1ccnc([N+](=O)[O-])c1. The van der Waals surface area contributed by atoms with E-state index >= 15 is 0 Å². The van der Waals surface area contributed by atoms with Crippen LogP contribution in [0, 0.1) is 10.1 Å². The average molecular weight is 181 g/mol. The molecule has 1 aromatic heterocycles. The summed E-state index contributed by atoms with van der Waals surface area (Å²) >= 11 is 0. The molecular formula is C7H7N3O3. The van der Waals surface area contributed by atoms with Crippen LogP contribution < -0.4 is 5.32 Å². The van der Waals surface area contributed by atoms with E-state index in [0.717, 1.165) is 6.07 Å². The molecule has 0 saturated heterocycles. The summed E-state index contributed by atoms with van der Waals surface area (Å²) in [6, 6.07) is 2.53. The van der Waals surface area contributed by atoms with Crippen LogP contribution in [0.15, 0.2) is 18.3 Å². The average Bonchev–Trinajstić information content (AvgIpc) is 2.17. The minimum Gasteiger partial charge on any atom is -0.358 e. The van der Waals surface area contributed by atoms with Gasteiger partial charge in [0.1, 0.15) is 6.20 Å². The molecule has 0 radical (unpaired) electrons. The first kappa shape index (κ1) is 9.11. The van der Waals surface area contributed by atoms with Gasteiger partial charge in [-0.25, -0.2) is 0 Å². The molecule has 1 amide bonds. The van der Waals surface area contributed by atoms with Gasteiger partial charge in [0.2, 0.25) is 0 Å². The van der Waals surface area contributed by atoms with E-state index in [1.165, 1.54) is 19.3 Å². The zero-order chi connectivity index (χ0) is 9.84. The topological polar surface area (TPSA) is 85.1 Å². The number of nitrogens with zero attached hydrogens (tertiary/aromatic N) is 2. The summed E-state index contributed by atoms with van der Waals surface area (Å²) < 4.78 is 0. The second kappa shape index (κ2) is 3.61. The van der Waals surface area contributed by atoms with E-state index in [-0.39, 0.29) is 17.3 Å². The van der Waals surface area contributed by atoms with Crippen molar-refractivity contribution in [1.29, 1.82) is 0 Å². The molecule has 1 heterocycles. The van der Waals surface area contributed by atoms with E-state index < -0.39 is 4.92 Å². The Hall–Kier alpha value is -1.98. The number of rotatable bonds is 2. The number of aromatic nitrogens is 1. The van der Waals surface area contributed by atoms with Gasteiger partial charge in [-0.1, -0.05) is 0 Å². The molecule has 1 aromatic rings. The molecule has 0 atom stereocenters. The van der Waals surface area contributed by atoms with Crippen molar-refractivity contribution >= 4 is 11.7 Å². The molecule has 0 aliphatic heterocycles. The zero-order valence-electron chi connectivity index (χ0n) is 6.85. The molecule has 1 N–H and O–H groups in total. The van der Waals surface area contributed by atoms with E-state index in [1.54, 1.807) is 0 Å². The standard InChI is InChI=1S/C7H7N3O3/c1-8-7(11)5-2-3-9-6(4-5)10(12)13/h2-4H,1H3,(H,8,11). The van der Waals surface area contributed by atoms with E-state index in [4.69, 9.17) is 0 Å². The Morgan fingerprint density at radius 1 is 1.69 bits per heavy atom. The monoisotopic (exact) mass is 181 g/mol. The highest BCUT2D eigenvalue weighted by Crippen LogP contribution is 2.08. The predicted octanol–water partition coefficient (Wildman–Crippen LogP) is 0.349. The second-order valence-electron chi connectivity index (χ2n) is 2.24. The Morgan fingerprint density at radius 3 is 2.92 bits per heavy atom. The summed E-state index contributed by atoms with van der Waals surface area (Å²) in [4.78, 5) is 24.1. The first-order valence-electron chi connectivity index (χ1n) is 3.47. The first-order valence-corrected chi connectivity index (χ1v) is 3.47. The van der Waals surface area contributed by atoms with Gasteiger partial charge in [0, 0.05) is 13.1 Å². The number of hydrogen-bond acceptors (Lipinski definition) is 4. The van der Waals surface area contributed by atoms with Gasteiger partial charge in [-0.15, -0.1) is 0 Å². The van der Waals surface area contributed by atoms with Crippen LogP contribution in [0.4, 0.5) is 5.82 Å². The summed E-state index contributed by atoms with van der Waals surface area (Å²) in [6.07, 6.45) is 1.22. The number of amides is 1. The highest BCUT2D eigenvalue weighted by Gasteiger charge is 2.10. The fraction of sp³-hybridized carbons (Fsp3) is 0.143. The van der Waals surface area contributed by atoms with Gasteiger partial charge in [-0.2, -0.15) is 0 Å². The summed E-state index contributed by atoms with van der Waals surface area (Å²) in [5.74, 6) is -0.702. The molecule has 0 fully saturated rings. The van der Waals surface area contributed by atoms with Gasteiger partial charge in [-0.05, 0) is 16.0 Å². The van der Waals surface area contributed by atoms with Crippen LogP contribution in [0.1, 0.15) is 10.4 Å². The van der Waals surface area contributed by atoms with Crippen LogP contribution >= 0.6 is 0 Å². The number of hydrogen-bond donors (Lipinski definition) is 1. The van der Waals surface area contributed by atoms with E-state index in [0.29, 0.717) is 0 Å².